The third-order valence-electron chi connectivity index (χ3n) is 4.25. The van der Waals surface area contributed by atoms with Crippen LogP contribution in [0.5, 0.6) is 0 Å². The highest BCUT2D eigenvalue weighted by atomic mass is 127. The summed E-state index contributed by atoms with van der Waals surface area (Å²) >= 11 is 0. The summed E-state index contributed by atoms with van der Waals surface area (Å²) in [5, 5.41) is 9.51. The van der Waals surface area contributed by atoms with Crippen molar-refractivity contribution in [2.45, 2.75) is 52.9 Å². The van der Waals surface area contributed by atoms with Crippen LogP contribution in [0.3, 0.4) is 0 Å². The van der Waals surface area contributed by atoms with E-state index in [1.54, 1.807) is 7.05 Å². The van der Waals surface area contributed by atoms with Gasteiger partial charge in [-0.15, -0.1) is 24.0 Å². The molecule has 0 unspecified atom stereocenters. The topological polar surface area (TPSA) is 68.8 Å². The van der Waals surface area contributed by atoms with Crippen LogP contribution in [0.4, 0.5) is 0 Å². The number of carbonyl (C=O) groups is 1. The van der Waals surface area contributed by atoms with Crippen LogP contribution in [0, 0.1) is 5.41 Å². The largest absolute Gasteiger partial charge is 0.356 e. The van der Waals surface area contributed by atoms with Gasteiger partial charge in [0.1, 0.15) is 0 Å². The number of aliphatic imine (C=N–C) groups is 1. The van der Waals surface area contributed by atoms with E-state index < -0.39 is 0 Å². The lowest BCUT2D eigenvalue weighted by Gasteiger charge is -2.20. The molecule has 0 bridgehead atoms. The zero-order valence-electron chi connectivity index (χ0n) is 16.5. The molecule has 1 saturated heterocycles. The first-order valence-corrected chi connectivity index (χ1v) is 9.38. The first-order chi connectivity index (χ1) is 11.4. The minimum Gasteiger partial charge on any atom is -0.356 e. The molecule has 0 aromatic heterocycles. The Kier molecular flexibility index (Phi) is 13.3. The molecule has 0 radical (unpaired) electrons. The first kappa shape index (κ1) is 24.4. The van der Waals surface area contributed by atoms with Crippen LogP contribution in [-0.2, 0) is 4.79 Å². The van der Waals surface area contributed by atoms with Crippen LogP contribution in [0.25, 0.3) is 0 Å². The predicted octanol–water partition coefficient (Wildman–Crippen LogP) is 2.20. The summed E-state index contributed by atoms with van der Waals surface area (Å²) < 4.78 is 0. The first-order valence-electron chi connectivity index (χ1n) is 9.38. The van der Waals surface area contributed by atoms with Crippen LogP contribution < -0.4 is 16.0 Å². The zero-order chi connectivity index (χ0) is 17.8. The van der Waals surface area contributed by atoms with E-state index >= 15 is 0 Å². The number of nitrogens with one attached hydrogen (secondary N) is 3. The highest BCUT2D eigenvalue weighted by Gasteiger charge is 2.20. The number of amides is 1. The molecule has 0 atom stereocenters. The monoisotopic (exact) mass is 467 g/mol. The van der Waals surface area contributed by atoms with Crippen molar-refractivity contribution in [2.24, 2.45) is 10.4 Å². The van der Waals surface area contributed by atoms with Crippen molar-refractivity contribution in [3.8, 4) is 0 Å². The molecule has 1 fully saturated rings. The summed E-state index contributed by atoms with van der Waals surface area (Å²) in [6, 6.07) is 0. The lowest BCUT2D eigenvalue weighted by Crippen LogP contribution is -2.44. The van der Waals surface area contributed by atoms with E-state index in [1.165, 1.54) is 38.8 Å². The van der Waals surface area contributed by atoms with Gasteiger partial charge in [0.2, 0.25) is 5.91 Å². The number of likely N-dealkylation sites (tertiary alicyclic amines) is 1. The molecule has 0 saturated carbocycles. The molecule has 0 aromatic rings. The summed E-state index contributed by atoms with van der Waals surface area (Å²) in [5.74, 6) is 0.876. The summed E-state index contributed by atoms with van der Waals surface area (Å²) in [6.07, 6.45) is 6.59. The molecule has 0 spiro atoms. The molecule has 148 valence electrons. The van der Waals surface area contributed by atoms with Gasteiger partial charge >= 0.3 is 0 Å². The molecule has 1 aliphatic rings. The smallest absolute Gasteiger partial charge is 0.225 e. The summed E-state index contributed by atoms with van der Waals surface area (Å²) in [5.41, 5.74) is -0.340. The number of rotatable bonds is 7. The minimum atomic E-state index is -0.340. The van der Waals surface area contributed by atoms with E-state index in [1.807, 2.05) is 20.8 Å². The Morgan fingerprint density at radius 1 is 0.960 bits per heavy atom. The molecule has 1 heterocycles. The minimum absolute atomic E-state index is 0. The van der Waals surface area contributed by atoms with Gasteiger partial charge in [-0.3, -0.25) is 9.79 Å². The van der Waals surface area contributed by atoms with E-state index in [4.69, 9.17) is 0 Å². The zero-order valence-corrected chi connectivity index (χ0v) is 18.8. The number of carbonyl (C=O) groups excluding carboxylic acids is 1. The Hall–Kier alpha value is -0.570. The van der Waals surface area contributed by atoms with Gasteiger partial charge in [0, 0.05) is 32.1 Å². The Labute approximate surface area is 171 Å². The van der Waals surface area contributed by atoms with E-state index in [0.717, 1.165) is 25.5 Å². The van der Waals surface area contributed by atoms with Crippen molar-refractivity contribution in [1.29, 1.82) is 0 Å². The van der Waals surface area contributed by atoms with Crippen molar-refractivity contribution in [3.05, 3.63) is 0 Å². The molecule has 1 aliphatic heterocycles. The van der Waals surface area contributed by atoms with Crippen LogP contribution in [0.1, 0.15) is 52.9 Å². The molecule has 1 amide bonds. The number of nitrogens with zero attached hydrogens (tertiary/aromatic N) is 2. The number of hydrogen-bond acceptors (Lipinski definition) is 3. The van der Waals surface area contributed by atoms with E-state index in [-0.39, 0.29) is 35.3 Å². The van der Waals surface area contributed by atoms with Crippen molar-refractivity contribution in [3.63, 3.8) is 0 Å². The molecular formula is C18H38IN5O. The maximum Gasteiger partial charge on any atom is 0.225 e. The molecule has 0 aliphatic carbocycles. The molecule has 7 heteroatoms. The Morgan fingerprint density at radius 3 is 2.08 bits per heavy atom. The standard InChI is InChI=1S/C18H37N5O.HI/c1-18(2,3)16(24)20-11-12-22-17(19-4)21-10-9-15-23-13-7-5-6-8-14-23;/h5-15H2,1-4H3,(H,20,24)(H2,19,21,22);1H. The molecule has 3 N–H and O–H groups in total. The van der Waals surface area contributed by atoms with Crippen LogP contribution in [0.2, 0.25) is 0 Å². The lowest BCUT2D eigenvalue weighted by molar-refractivity contribution is -0.128. The van der Waals surface area contributed by atoms with Crippen molar-refractivity contribution < 1.29 is 4.79 Å². The van der Waals surface area contributed by atoms with Crippen molar-refractivity contribution in [1.82, 2.24) is 20.9 Å². The van der Waals surface area contributed by atoms with Gasteiger partial charge in [-0.25, -0.2) is 0 Å². The van der Waals surface area contributed by atoms with Crippen LogP contribution in [0.15, 0.2) is 4.99 Å². The average molecular weight is 467 g/mol. The Bertz CT molecular complexity index is 387. The van der Waals surface area contributed by atoms with Crippen LogP contribution >= 0.6 is 24.0 Å². The predicted molar refractivity (Wildman–Crippen MR) is 117 cm³/mol. The van der Waals surface area contributed by atoms with Gasteiger partial charge in [0.15, 0.2) is 5.96 Å². The molecule has 0 aromatic carbocycles. The second-order valence-corrected chi connectivity index (χ2v) is 7.54. The average Bonchev–Trinajstić information content (AvgIpc) is 2.81. The van der Waals surface area contributed by atoms with E-state index in [2.05, 4.69) is 25.8 Å². The molecule has 1 rings (SSSR count). The summed E-state index contributed by atoms with van der Waals surface area (Å²) in [7, 11) is 1.78. The number of guanidine groups is 1. The second-order valence-electron chi connectivity index (χ2n) is 7.54. The Balaban J connectivity index is 0.00000576. The van der Waals surface area contributed by atoms with Gasteiger partial charge in [0.25, 0.3) is 0 Å². The highest BCUT2D eigenvalue weighted by Crippen LogP contribution is 2.11. The SMILES string of the molecule is CN=C(NCCCN1CCCCCC1)NCCNC(=O)C(C)(C)C.I. The fourth-order valence-electron chi connectivity index (χ4n) is 2.71. The fourth-order valence-corrected chi connectivity index (χ4v) is 2.71. The van der Waals surface area contributed by atoms with Crippen molar-refractivity contribution in [2.75, 3.05) is 46.3 Å². The van der Waals surface area contributed by atoms with Crippen molar-refractivity contribution >= 4 is 35.8 Å². The van der Waals surface area contributed by atoms with Gasteiger partial charge in [0.05, 0.1) is 0 Å². The third-order valence-corrected chi connectivity index (χ3v) is 4.25. The maximum atomic E-state index is 11.8. The number of hydrogen-bond donors (Lipinski definition) is 3. The molecule has 6 nitrogen and oxygen atoms in total. The maximum absolute atomic E-state index is 11.8. The fraction of sp³-hybridized carbons (Fsp3) is 0.889. The summed E-state index contributed by atoms with van der Waals surface area (Å²) in [4.78, 5) is 18.6. The summed E-state index contributed by atoms with van der Waals surface area (Å²) in [6.45, 7) is 11.6. The van der Waals surface area contributed by atoms with Gasteiger partial charge in [-0.1, -0.05) is 33.6 Å². The third kappa shape index (κ3) is 11.6. The normalized spacial score (nSPS) is 16.6. The van der Waals surface area contributed by atoms with E-state index in [9.17, 15) is 4.79 Å². The van der Waals surface area contributed by atoms with Gasteiger partial charge < -0.3 is 20.9 Å². The Morgan fingerprint density at radius 2 is 1.52 bits per heavy atom. The number of halogens is 1. The quantitative estimate of drug-likeness (QED) is 0.233. The molecule has 25 heavy (non-hydrogen) atoms. The van der Waals surface area contributed by atoms with Crippen LogP contribution in [-0.4, -0.2) is 63.1 Å². The van der Waals surface area contributed by atoms with Gasteiger partial charge in [-0.2, -0.15) is 0 Å². The second kappa shape index (κ2) is 13.6. The van der Waals surface area contributed by atoms with Gasteiger partial charge in [-0.05, 0) is 38.9 Å². The highest BCUT2D eigenvalue weighted by molar-refractivity contribution is 14.0. The van der Waals surface area contributed by atoms with E-state index in [0.29, 0.717) is 13.1 Å². The molecular weight excluding hydrogens is 429 g/mol. The lowest BCUT2D eigenvalue weighted by atomic mass is 9.96.